The largest absolute Gasteiger partial charge is 0.506 e. The van der Waals surface area contributed by atoms with E-state index in [4.69, 9.17) is 0 Å². The van der Waals surface area contributed by atoms with E-state index in [2.05, 4.69) is 19.4 Å². The minimum absolute atomic E-state index is 0.305. The van der Waals surface area contributed by atoms with Gasteiger partial charge < -0.3 is 9.67 Å². The molecule has 0 radical (unpaired) electrons. The molecule has 5 nitrogen and oxygen atoms in total. The third-order valence-electron chi connectivity index (χ3n) is 5.16. The average Bonchev–Trinajstić information content (AvgIpc) is 3.17. The second kappa shape index (κ2) is 5.96. The molecule has 0 spiro atoms. The molecule has 1 aliphatic heterocycles. The smallest absolute Gasteiger partial charge is 0.138 e. The molecule has 5 heteroatoms. The average molecular weight is 312 g/mol. The maximum atomic E-state index is 10.00. The summed E-state index contributed by atoms with van der Waals surface area (Å²) in [5.41, 5.74) is 4.52. The molecule has 0 saturated carbocycles. The van der Waals surface area contributed by atoms with Gasteiger partial charge in [0, 0.05) is 37.1 Å². The van der Waals surface area contributed by atoms with Crippen molar-refractivity contribution in [3.63, 3.8) is 0 Å². The van der Waals surface area contributed by atoms with Gasteiger partial charge in [-0.05, 0) is 51.2 Å². The Morgan fingerprint density at radius 1 is 1.26 bits per heavy atom. The van der Waals surface area contributed by atoms with Gasteiger partial charge in [0.25, 0.3) is 0 Å². The Hall–Kier alpha value is -1.88. The van der Waals surface area contributed by atoms with Crippen LogP contribution >= 0.6 is 0 Å². The second-order valence-corrected chi connectivity index (χ2v) is 6.85. The third-order valence-corrected chi connectivity index (χ3v) is 5.16. The van der Waals surface area contributed by atoms with Crippen LogP contribution in [0.15, 0.2) is 18.5 Å². The summed E-state index contributed by atoms with van der Waals surface area (Å²) in [6, 6.07) is 4.11. The first-order valence-electron chi connectivity index (χ1n) is 8.63. The summed E-state index contributed by atoms with van der Waals surface area (Å²) in [4.78, 5) is 11.5. The lowest BCUT2D eigenvalue weighted by atomic mass is 10.0. The fraction of sp³-hybridized carbons (Fsp3) is 0.556. The van der Waals surface area contributed by atoms with Crippen LogP contribution in [0.5, 0.6) is 5.75 Å². The molecule has 2 aliphatic rings. The second-order valence-electron chi connectivity index (χ2n) is 6.85. The number of aromatic hydroxyl groups is 1. The Kier molecular flexibility index (Phi) is 3.81. The van der Waals surface area contributed by atoms with Crippen LogP contribution in [-0.4, -0.2) is 37.6 Å². The van der Waals surface area contributed by atoms with E-state index in [1.807, 2.05) is 19.3 Å². The Morgan fingerprint density at radius 3 is 3.04 bits per heavy atom. The highest BCUT2D eigenvalue weighted by Gasteiger charge is 2.27. The Morgan fingerprint density at radius 2 is 2.13 bits per heavy atom. The van der Waals surface area contributed by atoms with Crippen molar-refractivity contribution in [2.45, 2.75) is 51.6 Å². The zero-order valence-electron chi connectivity index (χ0n) is 13.7. The van der Waals surface area contributed by atoms with Crippen LogP contribution in [0.4, 0.5) is 0 Å². The number of fused-ring (bicyclic) bond motifs is 1. The van der Waals surface area contributed by atoms with Gasteiger partial charge in [-0.2, -0.15) is 0 Å². The molecule has 2 aromatic rings. The summed E-state index contributed by atoms with van der Waals surface area (Å²) < 4.78 is 2.41. The van der Waals surface area contributed by atoms with Crippen molar-refractivity contribution in [2.75, 3.05) is 13.1 Å². The molecule has 23 heavy (non-hydrogen) atoms. The summed E-state index contributed by atoms with van der Waals surface area (Å²) in [5.74, 6) is 0.305. The topological polar surface area (TPSA) is 54.2 Å². The van der Waals surface area contributed by atoms with E-state index < -0.39 is 0 Å². The summed E-state index contributed by atoms with van der Waals surface area (Å²) in [6.45, 7) is 4.75. The molecule has 0 aromatic carbocycles. The van der Waals surface area contributed by atoms with Gasteiger partial charge in [0.15, 0.2) is 0 Å². The number of aromatic nitrogens is 3. The monoisotopic (exact) mass is 312 g/mol. The van der Waals surface area contributed by atoms with Crippen LogP contribution in [0.1, 0.15) is 48.1 Å². The van der Waals surface area contributed by atoms with E-state index in [0.29, 0.717) is 11.8 Å². The maximum absolute atomic E-state index is 10.00. The van der Waals surface area contributed by atoms with E-state index in [-0.39, 0.29) is 0 Å². The van der Waals surface area contributed by atoms with Gasteiger partial charge >= 0.3 is 0 Å². The van der Waals surface area contributed by atoms with Crippen molar-refractivity contribution in [3.05, 3.63) is 41.2 Å². The molecule has 1 aliphatic carbocycles. The molecule has 0 unspecified atom stereocenters. The lowest BCUT2D eigenvalue weighted by Crippen LogP contribution is -2.22. The lowest BCUT2D eigenvalue weighted by Gasteiger charge is -2.20. The molecule has 2 aromatic heterocycles. The van der Waals surface area contributed by atoms with Gasteiger partial charge in [0.05, 0.1) is 17.7 Å². The van der Waals surface area contributed by atoms with Crippen molar-refractivity contribution in [3.8, 4) is 5.75 Å². The van der Waals surface area contributed by atoms with E-state index >= 15 is 0 Å². The molecule has 1 atom stereocenters. The van der Waals surface area contributed by atoms with E-state index in [1.165, 1.54) is 30.7 Å². The molecule has 1 fully saturated rings. The summed E-state index contributed by atoms with van der Waals surface area (Å²) in [5, 5.41) is 10.00. The maximum Gasteiger partial charge on any atom is 0.138 e. The fourth-order valence-corrected chi connectivity index (χ4v) is 3.92. The molecular weight excluding hydrogens is 288 g/mol. The highest BCUT2D eigenvalue weighted by Crippen LogP contribution is 2.29. The Balaban J connectivity index is 1.47. The first-order valence-corrected chi connectivity index (χ1v) is 8.63. The highest BCUT2D eigenvalue weighted by molar-refractivity contribution is 5.27. The van der Waals surface area contributed by atoms with Crippen molar-refractivity contribution in [1.29, 1.82) is 0 Å². The molecule has 3 heterocycles. The van der Waals surface area contributed by atoms with Gasteiger partial charge in [-0.15, -0.1) is 0 Å². The molecule has 1 saturated heterocycles. The van der Waals surface area contributed by atoms with E-state index in [9.17, 15) is 5.11 Å². The van der Waals surface area contributed by atoms with Crippen LogP contribution in [0, 0.1) is 6.92 Å². The van der Waals surface area contributed by atoms with Crippen molar-refractivity contribution in [1.82, 2.24) is 19.4 Å². The number of aryl methyl sites for hydroxylation is 2. The molecule has 0 amide bonds. The van der Waals surface area contributed by atoms with Gasteiger partial charge in [0.2, 0.25) is 0 Å². The number of pyridine rings is 1. The molecule has 4 rings (SSSR count). The minimum atomic E-state index is 0.305. The number of nitrogens with zero attached hydrogens (tertiary/aromatic N) is 4. The lowest BCUT2D eigenvalue weighted by molar-refractivity contribution is 0.304. The SMILES string of the molecule is Cc1ccc(O)c(CN2CC[C@@H](n3cnc4c3CCCC4)C2)n1. The van der Waals surface area contributed by atoms with Crippen LogP contribution in [-0.2, 0) is 19.4 Å². The first kappa shape index (κ1) is 14.7. The van der Waals surface area contributed by atoms with E-state index in [1.54, 1.807) is 6.07 Å². The summed E-state index contributed by atoms with van der Waals surface area (Å²) >= 11 is 0. The van der Waals surface area contributed by atoms with Crippen molar-refractivity contribution in [2.24, 2.45) is 0 Å². The quantitative estimate of drug-likeness (QED) is 0.946. The number of hydrogen-bond acceptors (Lipinski definition) is 4. The Labute approximate surface area is 137 Å². The molecule has 122 valence electrons. The minimum Gasteiger partial charge on any atom is -0.506 e. The number of imidazole rings is 1. The van der Waals surface area contributed by atoms with Crippen LogP contribution in [0.2, 0.25) is 0 Å². The highest BCUT2D eigenvalue weighted by atomic mass is 16.3. The van der Waals surface area contributed by atoms with Gasteiger partial charge in [-0.1, -0.05) is 0 Å². The zero-order valence-corrected chi connectivity index (χ0v) is 13.7. The van der Waals surface area contributed by atoms with Gasteiger partial charge in [-0.25, -0.2) is 4.98 Å². The fourth-order valence-electron chi connectivity index (χ4n) is 3.92. The third kappa shape index (κ3) is 2.85. The van der Waals surface area contributed by atoms with Gasteiger partial charge in [-0.3, -0.25) is 9.88 Å². The van der Waals surface area contributed by atoms with Crippen LogP contribution in [0.25, 0.3) is 0 Å². The first-order chi connectivity index (χ1) is 11.2. The van der Waals surface area contributed by atoms with E-state index in [0.717, 1.165) is 43.9 Å². The van der Waals surface area contributed by atoms with Crippen LogP contribution in [0.3, 0.4) is 0 Å². The van der Waals surface area contributed by atoms with Crippen molar-refractivity contribution < 1.29 is 5.11 Å². The number of rotatable bonds is 3. The zero-order chi connectivity index (χ0) is 15.8. The predicted octanol–water partition coefficient (Wildman–Crippen LogP) is 2.62. The van der Waals surface area contributed by atoms with Crippen LogP contribution < -0.4 is 0 Å². The standard InChI is InChI=1S/C18H24N4O/c1-13-6-7-18(23)16(20-13)11-21-9-8-14(10-21)22-12-19-15-4-2-3-5-17(15)22/h6-7,12,14,23H,2-5,8-11H2,1H3/t14-/m1/s1. The molecule has 0 bridgehead atoms. The molecule has 1 N–H and O–H groups in total. The van der Waals surface area contributed by atoms with Crippen molar-refractivity contribution >= 4 is 0 Å². The number of likely N-dealkylation sites (tertiary alicyclic amines) is 1. The normalized spacial score (nSPS) is 21.5. The summed E-state index contributed by atoms with van der Waals surface area (Å²) in [6.07, 6.45) is 8.07. The molecular formula is C18H24N4O. The number of hydrogen-bond donors (Lipinski definition) is 1. The van der Waals surface area contributed by atoms with Gasteiger partial charge in [0.1, 0.15) is 5.75 Å². The predicted molar refractivity (Wildman–Crippen MR) is 88.4 cm³/mol. The Bertz CT molecular complexity index is 709. The summed E-state index contributed by atoms with van der Waals surface area (Å²) in [7, 11) is 0.